The number of hydrogen-bond donors (Lipinski definition) is 0. The van der Waals surface area contributed by atoms with Crippen molar-refractivity contribution in [1.82, 2.24) is 0 Å². The van der Waals surface area contributed by atoms with E-state index < -0.39 is 17.4 Å². The van der Waals surface area contributed by atoms with Crippen LogP contribution in [-0.2, 0) is 0 Å². The van der Waals surface area contributed by atoms with Crippen molar-refractivity contribution >= 4 is 11.5 Å². The summed E-state index contributed by atoms with van der Waals surface area (Å²) in [6.45, 7) is -0.0891. The van der Waals surface area contributed by atoms with Crippen LogP contribution in [0.3, 0.4) is 0 Å². The van der Waals surface area contributed by atoms with Gasteiger partial charge in [0, 0.05) is 18.8 Å². The van der Waals surface area contributed by atoms with Gasteiger partial charge >= 0.3 is 0 Å². The summed E-state index contributed by atoms with van der Waals surface area (Å²) in [5, 5.41) is 0. The van der Waals surface area contributed by atoms with Gasteiger partial charge in [0.15, 0.2) is 5.78 Å². The summed E-state index contributed by atoms with van der Waals surface area (Å²) in [5.41, 5.74) is 0.461. The highest BCUT2D eigenvalue weighted by atomic mass is 19.1. The van der Waals surface area contributed by atoms with Gasteiger partial charge < -0.3 is 4.90 Å². The summed E-state index contributed by atoms with van der Waals surface area (Å²) in [5.74, 6) is -2.47. The van der Waals surface area contributed by atoms with Crippen LogP contribution in [0.15, 0.2) is 42.5 Å². The first-order chi connectivity index (χ1) is 9.47. The predicted molar refractivity (Wildman–Crippen MR) is 70.4 cm³/mol. The molecule has 20 heavy (non-hydrogen) atoms. The monoisotopic (exact) mass is 279 g/mol. The molecule has 5 heteroatoms. The van der Waals surface area contributed by atoms with E-state index >= 15 is 0 Å². The lowest BCUT2D eigenvalue weighted by atomic mass is 10.1. The van der Waals surface area contributed by atoms with Gasteiger partial charge in [0.05, 0.1) is 12.1 Å². The molecule has 0 aliphatic rings. The lowest BCUT2D eigenvalue weighted by Crippen LogP contribution is -2.26. The SMILES string of the molecule is CN(CC(=O)c1ccc(F)cc1F)c1ccc(F)cc1. The number of halogens is 3. The molecule has 104 valence electrons. The first-order valence-electron chi connectivity index (χ1n) is 5.92. The minimum atomic E-state index is -0.887. The van der Waals surface area contributed by atoms with Gasteiger partial charge in [0.2, 0.25) is 0 Å². The Balaban J connectivity index is 2.13. The van der Waals surface area contributed by atoms with Crippen LogP contribution in [0.25, 0.3) is 0 Å². The molecule has 2 aromatic carbocycles. The topological polar surface area (TPSA) is 20.3 Å². The Kier molecular flexibility index (Phi) is 4.08. The Bertz CT molecular complexity index is 626. The van der Waals surface area contributed by atoms with Gasteiger partial charge in [-0.05, 0) is 36.4 Å². The van der Waals surface area contributed by atoms with Crippen LogP contribution in [0.2, 0.25) is 0 Å². The quantitative estimate of drug-likeness (QED) is 0.799. The molecular formula is C15H12F3NO. The smallest absolute Gasteiger partial charge is 0.185 e. The molecule has 2 aromatic rings. The number of rotatable bonds is 4. The molecule has 0 heterocycles. The maximum Gasteiger partial charge on any atom is 0.185 e. The molecule has 0 aliphatic carbocycles. The van der Waals surface area contributed by atoms with Crippen molar-refractivity contribution in [1.29, 1.82) is 0 Å². The summed E-state index contributed by atoms with van der Waals surface area (Å²) in [4.78, 5) is 13.5. The van der Waals surface area contributed by atoms with E-state index in [1.807, 2.05) is 0 Å². The first kappa shape index (κ1) is 14.1. The molecule has 0 bridgehead atoms. The number of benzene rings is 2. The molecule has 0 atom stereocenters. The van der Waals surface area contributed by atoms with E-state index in [1.54, 1.807) is 11.9 Å². The highest BCUT2D eigenvalue weighted by Crippen LogP contribution is 2.15. The Morgan fingerprint density at radius 3 is 2.20 bits per heavy atom. The number of carbonyl (C=O) groups is 1. The molecule has 0 fully saturated rings. The normalized spacial score (nSPS) is 10.4. The van der Waals surface area contributed by atoms with Gasteiger partial charge in [-0.15, -0.1) is 0 Å². The molecule has 0 saturated carbocycles. The van der Waals surface area contributed by atoms with Gasteiger partial charge in [0.25, 0.3) is 0 Å². The van der Waals surface area contributed by atoms with E-state index in [4.69, 9.17) is 0 Å². The third-order valence-corrected chi connectivity index (χ3v) is 2.88. The summed E-state index contributed by atoms with van der Waals surface area (Å²) in [7, 11) is 1.63. The zero-order chi connectivity index (χ0) is 14.7. The fraction of sp³-hybridized carbons (Fsp3) is 0.133. The highest BCUT2D eigenvalue weighted by molar-refractivity contribution is 5.99. The number of carbonyl (C=O) groups excluding carboxylic acids is 1. The van der Waals surface area contributed by atoms with Crippen molar-refractivity contribution in [3.05, 3.63) is 65.5 Å². The molecule has 0 unspecified atom stereocenters. The van der Waals surface area contributed by atoms with Gasteiger partial charge in [-0.25, -0.2) is 13.2 Å². The second-order valence-electron chi connectivity index (χ2n) is 4.38. The second kappa shape index (κ2) is 5.77. The first-order valence-corrected chi connectivity index (χ1v) is 5.92. The number of ketones is 1. The van der Waals surface area contributed by atoms with Crippen LogP contribution in [-0.4, -0.2) is 19.4 Å². The van der Waals surface area contributed by atoms with Gasteiger partial charge in [-0.3, -0.25) is 4.79 Å². The zero-order valence-electron chi connectivity index (χ0n) is 10.7. The second-order valence-corrected chi connectivity index (χ2v) is 4.38. The van der Waals surface area contributed by atoms with Crippen molar-refractivity contribution in [2.75, 3.05) is 18.5 Å². The fourth-order valence-corrected chi connectivity index (χ4v) is 1.80. The van der Waals surface area contributed by atoms with Crippen molar-refractivity contribution in [3.8, 4) is 0 Å². The summed E-state index contributed by atoms with van der Waals surface area (Å²) in [6, 6.07) is 8.40. The molecule has 2 nitrogen and oxygen atoms in total. The van der Waals surface area contributed by atoms with Gasteiger partial charge in [-0.2, -0.15) is 0 Å². The molecule has 0 saturated heterocycles. The number of nitrogens with zero attached hydrogens (tertiary/aromatic N) is 1. The van der Waals surface area contributed by atoms with Crippen molar-refractivity contribution in [2.24, 2.45) is 0 Å². The predicted octanol–water partition coefficient (Wildman–Crippen LogP) is 3.42. The van der Waals surface area contributed by atoms with Crippen LogP contribution in [0.1, 0.15) is 10.4 Å². The number of Topliss-reactive ketones (excluding diaryl/α,β-unsaturated/α-hetero) is 1. The van der Waals surface area contributed by atoms with Crippen LogP contribution in [0.4, 0.5) is 18.9 Å². The number of hydrogen-bond acceptors (Lipinski definition) is 2. The molecule has 2 rings (SSSR count). The van der Waals surface area contributed by atoms with E-state index in [0.717, 1.165) is 12.1 Å². The minimum Gasteiger partial charge on any atom is -0.367 e. The summed E-state index contributed by atoms with van der Waals surface area (Å²) in [6.07, 6.45) is 0. The van der Waals surface area contributed by atoms with Crippen molar-refractivity contribution in [2.45, 2.75) is 0 Å². The van der Waals surface area contributed by atoms with E-state index in [-0.39, 0.29) is 17.9 Å². The summed E-state index contributed by atoms with van der Waals surface area (Å²) < 4.78 is 39.1. The van der Waals surface area contributed by atoms with Crippen LogP contribution < -0.4 is 4.90 Å². The van der Waals surface area contributed by atoms with Gasteiger partial charge in [0.1, 0.15) is 17.5 Å². The largest absolute Gasteiger partial charge is 0.367 e. The fourth-order valence-electron chi connectivity index (χ4n) is 1.80. The summed E-state index contributed by atoms with van der Waals surface area (Å²) >= 11 is 0. The molecule has 0 amide bonds. The van der Waals surface area contributed by atoms with E-state index in [1.165, 1.54) is 24.3 Å². The minimum absolute atomic E-state index is 0.0891. The lowest BCUT2D eigenvalue weighted by molar-refractivity contribution is 0.0996. The Hall–Kier alpha value is -2.30. The van der Waals surface area contributed by atoms with Gasteiger partial charge in [-0.1, -0.05) is 0 Å². The van der Waals surface area contributed by atoms with E-state index in [9.17, 15) is 18.0 Å². The van der Waals surface area contributed by atoms with Crippen molar-refractivity contribution < 1.29 is 18.0 Å². The van der Waals surface area contributed by atoms with Crippen molar-refractivity contribution in [3.63, 3.8) is 0 Å². The maximum atomic E-state index is 13.5. The van der Waals surface area contributed by atoms with E-state index in [0.29, 0.717) is 11.8 Å². The Morgan fingerprint density at radius 1 is 1.00 bits per heavy atom. The molecular weight excluding hydrogens is 267 g/mol. The molecule has 0 spiro atoms. The van der Waals surface area contributed by atoms with E-state index in [2.05, 4.69) is 0 Å². The third kappa shape index (κ3) is 3.17. The third-order valence-electron chi connectivity index (χ3n) is 2.88. The average molecular weight is 279 g/mol. The number of anilines is 1. The molecule has 0 aromatic heterocycles. The molecule has 0 aliphatic heterocycles. The Morgan fingerprint density at radius 2 is 1.60 bits per heavy atom. The number of likely N-dealkylation sites (N-methyl/N-ethyl adjacent to an activating group) is 1. The maximum absolute atomic E-state index is 13.5. The van der Waals surface area contributed by atoms with Crippen LogP contribution in [0.5, 0.6) is 0 Å². The zero-order valence-corrected chi connectivity index (χ0v) is 10.7. The standard InChI is InChI=1S/C15H12F3NO/c1-19(12-5-2-10(16)3-6-12)9-15(20)13-7-4-11(17)8-14(13)18/h2-8H,9H2,1H3. The van der Waals surface area contributed by atoms with Crippen LogP contribution >= 0.6 is 0 Å². The molecule has 0 N–H and O–H groups in total. The molecule has 0 radical (unpaired) electrons. The Labute approximate surface area is 114 Å². The van der Waals surface area contributed by atoms with Crippen LogP contribution in [0, 0.1) is 17.5 Å². The highest BCUT2D eigenvalue weighted by Gasteiger charge is 2.15. The lowest BCUT2D eigenvalue weighted by Gasteiger charge is -2.18. The average Bonchev–Trinajstić information content (AvgIpc) is 2.39.